The highest BCUT2D eigenvalue weighted by Crippen LogP contribution is 2.19. The van der Waals surface area contributed by atoms with Crippen molar-refractivity contribution in [2.24, 2.45) is 7.05 Å². The molecule has 0 saturated carbocycles. The third kappa shape index (κ3) is 2.90. The summed E-state index contributed by atoms with van der Waals surface area (Å²) < 4.78 is 3.18. The van der Waals surface area contributed by atoms with Crippen molar-refractivity contribution < 1.29 is 0 Å². The lowest BCUT2D eigenvalue weighted by Gasteiger charge is -2.02. The maximum Gasteiger partial charge on any atom is 0.122 e. The second-order valence-corrected chi connectivity index (χ2v) is 5.20. The Morgan fingerprint density at radius 2 is 2.40 bits per heavy atom. The van der Waals surface area contributed by atoms with E-state index in [2.05, 4.69) is 37.7 Å². The lowest BCUT2D eigenvalue weighted by Crippen LogP contribution is -2.14. The maximum absolute atomic E-state index is 4.25. The predicted molar refractivity (Wildman–Crippen MR) is 65.8 cm³/mol. The van der Waals surface area contributed by atoms with Crippen LogP contribution in [0.3, 0.4) is 0 Å². The molecule has 0 aliphatic heterocycles. The number of aryl methyl sites for hydroxylation is 1. The molecular weight excluding hydrogens is 274 g/mol. The number of imidazole rings is 1. The Kier molecular flexibility index (Phi) is 3.56. The summed E-state index contributed by atoms with van der Waals surface area (Å²) in [5.74, 6) is 1.06. The van der Waals surface area contributed by atoms with Crippen LogP contribution in [0.25, 0.3) is 0 Å². The van der Waals surface area contributed by atoms with Crippen molar-refractivity contribution in [1.29, 1.82) is 0 Å². The van der Waals surface area contributed by atoms with Crippen LogP contribution in [0.1, 0.15) is 10.7 Å². The lowest BCUT2D eigenvalue weighted by atomic mass is 10.4. The van der Waals surface area contributed by atoms with Gasteiger partial charge in [0, 0.05) is 40.7 Å². The fourth-order valence-corrected chi connectivity index (χ4v) is 2.73. The summed E-state index contributed by atoms with van der Waals surface area (Å²) >= 11 is 5.19. The fourth-order valence-electron chi connectivity index (χ4n) is 1.31. The first-order valence-corrected chi connectivity index (χ1v) is 6.33. The van der Waals surface area contributed by atoms with Gasteiger partial charge in [-0.15, -0.1) is 11.3 Å². The van der Waals surface area contributed by atoms with Gasteiger partial charge in [0.25, 0.3) is 0 Å². The Hall–Kier alpha value is -0.650. The van der Waals surface area contributed by atoms with E-state index in [1.54, 1.807) is 11.3 Å². The Morgan fingerprint density at radius 1 is 1.53 bits per heavy atom. The highest BCUT2D eigenvalue weighted by Gasteiger charge is 2.00. The van der Waals surface area contributed by atoms with Crippen LogP contribution >= 0.6 is 27.3 Å². The predicted octanol–water partition coefficient (Wildman–Crippen LogP) is 2.53. The van der Waals surface area contributed by atoms with Gasteiger partial charge < -0.3 is 9.88 Å². The molecule has 0 aromatic carbocycles. The molecule has 2 aromatic rings. The van der Waals surface area contributed by atoms with Crippen LogP contribution < -0.4 is 5.32 Å². The van der Waals surface area contributed by atoms with Crippen LogP contribution in [0.5, 0.6) is 0 Å². The topological polar surface area (TPSA) is 29.9 Å². The quantitative estimate of drug-likeness (QED) is 0.936. The van der Waals surface area contributed by atoms with E-state index in [9.17, 15) is 0 Å². The first kappa shape index (κ1) is 10.9. The normalized spacial score (nSPS) is 10.8. The van der Waals surface area contributed by atoms with Gasteiger partial charge in [-0.3, -0.25) is 0 Å². The van der Waals surface area contributed by atoms with E-state index in [4.69, 9.17) is 0 Å². The van der Waals surface area contributed by atoms with Crippen LogP contribution in [0.15, 0.2) is 28.3 Å². The SMILES string of the molecule is Cn1ccnc1CNCc1cc(Br)cs1. The van der Waals surface area contributed by atoms with Gasteiger partial charge in [-0.1, -0.05) is 0 Å². The van der Waals surface area contributed by atoms with Crippen molar-refractivity contribution in [3.63, 3.8) is 0 Å². The first-order chi connectivity index (χ1) is 7.25. The number of hydrogen-bond acceptors (Lipinski definition) is 3. The largest absolute Gasteiger partial charge is 0.337 e. The van der Waals surface area contributed by atoms with E-state index in [0.29, 0.717) is 0 Å². The molecule has 15 heavy (non-hydrogen) atoms. The van der Waals surface area contributed by atoms with Gasteiger partial charge in [-0.05, 0) is 22.0 Å². The summed E-state index contributed by atoms with van der Waals surface area (Å²) in [6.45, 7) is 1.70. The van der Waals surface area contributed by atoms with E-state index in [-0.39, 0.29) is 0 Å². The maximum atomic E-state index is 4.25. The summed E-state index contributed by atoms with van der Waals surface area (Å²) in [7, 11) is 2.01. The minimum Gasteiger partial charge on any atom is -0.337 e. The second kappa shape index (κ2) is 4.92. The molecule has 0 spiro atoms. The molecule has 3 nitrogen and oxygen atoms in total. The van der Waals surface area contributed by atoms with Crippen LogP contribution in [0, 0.1) is 0 Å². The van der Waals surface area contributed by atoms with Crippen molar-refractivity contribution in [3.8, 4) is 0 Å². The van der Waals surface area contributed by atoms with Gasteiger partial charge in [0.05, 0.1) is 6.54 Å². The van der Waals surface area contributed by atoms with Crippen LogP contribution in [-0.4, -0.2) is 9.55 Å². The van der Waals surface area contributed by atoms with Crippen molar-refractivity contribution in [3.05, 3.63) is 39.0 Å². The highest BCUT2D eigenvalue weighted by atomic mass is 79.9. The number of aromatic nitrogens is 2. The number of nitrogens with zero attached hydrogens (tertiary/aromatic N) is 2. The summed E-state index contributed by atoms with van der Waals surface area (Å²) in [6.07, 6.45) is 3.78. The molecule has 0 fully saturated rings. The van der Waals surface area contributed by atoms with Gasteiger partial charge in [0.1, 0.15) is 5.82 Å². The molecule has 0 radical (unpaired) electrons. The van der Waals surface area contributed by atoms with Crippen molar-refractivity contribution in [2.45, 2.75) is 13.1 Å². The average Bonchev–Trinajstić information content (AvgIpc) is 2.77. The first-order valence-electron chi connectivity index (χ1n) is 4.65. The standard InChI is InChI=1S/C10H12BrN3S/c1-14-3-2-13-10(14)6-12-5-9-4-8(11)7-15-9/h2-4,7,12H,5-6H2,1H3. The van der Waals surface area contributed by atoms with Gasteiger partial charge in [-0.25, -0.2) is 4.98 Å². The fraction of sp³-hybridized carbons (Fsp3) is 0.300. The molecule has 2 rings (SSSR count). The van der Waals surface area contributed by atoms with Gasteiger partial charge in [0.2, 0.25) is 0 Å². The number of halogens is 1. The zero-order valence-corrected chi connectivity index (χ0v) is 10.8. The molecule has 0 aliphatic carbocycles. The smallest absolute Gasteiger partial charge is 0.122 e. The van der Waals surface area contributed by atoms with Crippen LogP contribution in [0.4, 0.5) is 0 Å². The summed E-state index contributed by atoms with van der Waals surface area (Å²) in [5.41, 5.74) is 0. The third-order valence-electron chi connectivity index (χ3n) is 2.13. The number of thiophene rings is 1. The van der Waals surface area contributed by atoms with Crippen LogP contribution in [-0.2, 0) is 20.1 Å². The Bertz CT molecular complexity index is 435. The van der Waals surface area contributed by atoms with E-state index in [1.165, 1.54) is 4.88 Å². The second-order valence-electron chi connectivity index (χ2n) is 3.29. The van der Waals surface area contributed by atoms with E-state index < -0.39 is 0 Å². The Balaban J connectivity index is 1.83. The monoisotopic (exact) mass is 285 g/mol. The number of nitrogens with one attached hydrogen (secondary N) is 1. The van der Waals surface area contributed by atoms with Crippen molar-refractivity contribution in [2.75, 3.05) is 0 Å². The van der Waals surface area contributed by atoms with Crippen molar-refractivity contribution in [1.82, 2.24) is 14.9 Å². The zero-order valence-electron chi connectivity index (χ0n) is 8.40. The molecule has 2 heterocycles. The molecule has 0 bridgehead atoms. The third-order valence-corrected chi connectivity index (χ3v) is 3.82. The minimum atomic E-state index is 0.805. The van der Waals surface area contributed by atoms with Crippen LogP contribution in [0.2, 0.25) is 0 Å². The molecule has 5 heteroatoms. The molecule has 80 valence electrons. The summed E-state index contributed by atoms with van der Waals surface area (Å²) in [4.78, 5) is 5.58. The van der Waals surface area contributed by atoms with E-state index in [1.807, 2.05) is 24.0 Å². The lowest BCUT2D eigenvalue weighted by molar-refractivity contribution is 0.643. The summed E-state index contributed by atoms with van der Waals surface area (Å²) in [6, 6.07) is 2.14. The Morgan fingerprint density at radius 3 is 3.00 bits per heavy atom. The highest BCUT2D eigenvalue weighted by molar-refractivity contribution is 9.10. The minimum absolute atomic E-state index is 0.805. The molecule has 0 saturated heterocycles. The zero-order chi connectivity index (χ0) is 10.7. The molecule has 2 aromatic heterocycles. The molecule has 0 aliphatic rings. The Labute approximate surface area is 101 Å². The molecular formula is C10H12BrN3S. The van der Waals surface area contributed by atoms with Gasteiger partial charge in [0.15, 0.2) is 0 Å². The average molecular weight is 286 g/mol. The summed E-state index contributed by atoms with van der Waals surface area (Å²) in [5, 5.41) is 5.46. The van der Waals surface area contributed by atoms with Gasteiger partial charge in [-0.2, -0.15) is 0 Å². The van der Waals surface area contributed by atoms with Crippen molar-refractivity contribution >= 4 is 27.3 Å². The van der Waals surface area contributed by atoms with Gasteiger partial charge >= 0.3 is 0 Å². The number of hydrogen-bond donors (Lipinski definition) is 1. The molecule has 0 amide bonds. The molecule has 0 atom stereocenters. The number of rotatable bonds is 4. The van der Waals surface area contributed by atoms with E-state index >= 15 is 0 Å². The van der Waals surface area contributed by atoms with E-state index in [0.717, 1.165) is 23.4 Å². The molecule has 1 N–H and O–H groups in total. The molecule has 0 unspecified atom stereocenters.